The number of phenolic OH excluding ortho intramolecular Hbond substituents is 1. The molecular weight excluding hydrogens is 274 g/mol. The van der Waals surface area contributed by atoms with Gasteiger partial charge in [-0.1, -0.05) is 0 Å². The molecule has 0 amide bonds. The number of aromatic hydroxyl groups is 1. The molecule has 7 nitrogen and oxygen atoms in total. The van der Waals surface area contributed by atoms with Crippen molar-refractivity contribution >= 4 is 16.7 Å². The van der Waals surface area contributed by atoms with Crippen LogP contribution in [0.3, 0.4) is 0 Å². The quantitative estimate of drug-likeness (QED) is 0.569. The van der Waals surface area contributed by atoms with E-state index >= 15 is 0 Å². The van der Waals surface area contributed by atoms with E-state index in [4.69, 9.17) is 4.74 Å². The standard InChI is InChI=1S/C14H11N3O4/c1-21-13-5-2-8(6-12(13)18)14-15-10-4-3-9(17(19)20)7-11(10)16-14/h2-7,18H,1H3,(H,15,16). The predicted octanol–water partition coefficient (Wildman–Crippen LogP) is 2.85. The van der Waals surface area contributed by atoms with Gasteiger partial charge >= 0.3 is 0 Å². The fourth-order valence-electron chi connectivity index (χ4n) is 2.09. The largest absolute Gasteiger partial charge is 0.504 e. The molecule has 106 valence electrons. The Hall–Kier alpha value is -3.09. The number of methoxy groups -OCH3 is 1. The minimum atomic E-state index is -0.459. The molecule has 0 saturated carbocycles. The normalized spacial score (nSPS) is 10.7. The number of non-ortho nitro benzene ring substituents is 1. The zero-order valence-corrected chi connectivity index (χ0v) is 11.0. The van der Waals surface area contributed by atoms with E-state index in [1.54, 1.807) is 18.2 Å². The van der Waals surface area contributed by atoms with Crippen molar-refractivity contribution in [3.05, 3.63) is 46.5 Å². The van der Waals surface area contributed by atoms with Gasteiger partial charge in [-0.05, 0) is 24.3 Å². The second-order valence-electron chi connectivity index (χ2n) is 4.43. The lowest BCUT2D eigenvalue weighted by Gasteiger charge is -2.04. The van der Waals surface area contributed by atoms with Gasteiger partial charge in [0.1, 0.15) is 5.82 Å². The molecule has 3 aromatic rings. The summed E-state index contributed by atoms with van der Waals surface area (Å²) >= 11 is 0. The molecule has 2 aromatic carbocycles. The minimum absolute atomic E-state index is 0.00133. The SMILES string of the molecule is COc1ccc(-c2nc3ccc([N+](=O)[O-])cc3[nH]2)cc1O. The Morgan fingerprint density at radius 3 is 2.76 bits per heavy atom. The van der Waals surface area contributed by atoms with Gasteiger partial charge in [-0.25, -0.2) is 4.98 Å². The Balaban J connectivity index is 2.08. The van der Waals surface area contributed by atoms with Crippen molar-refractivity contribution < 1.29 is 14.8 Å². The number of nitrogens with one attached hydrogen (secondary N) is 1. The summed E-state index contributed by atoms with van der Waals surface area (Å²) in [4.78, 5) is 17.7. The molecule has 2 N–H and O–H groups in total. The maximum absolute atomic E-state index is 10.8. The third-order valence-corrected chi connectivity index (χ3v) is 3.13. The number of aromatic amines is 1. The molecule has 0 aliphatic carbocycles. The van der Waals surface area contributed by atoms with E-state index in [2.05, 4.69) is 9.97 Å². The highest BCUT2D eigenvalue weighted by Crippen LogP contribution is 2.31. The Morgan fingerprint density at radius 2 is 2.10 bits per heavy atom. The lowest BCUT2D eigenvalue weighted by Crippen LogP contribution is -1.86. The Kier molecular flexibility index (Phi) is 2.94. The van der Waals surface area contributed by atoms with Gasteiger partial charge < -0.3 is 14.8 Å². The fourth-order valence-corrected chi connectivity index (χ4v) is 2.09. The number of H-pyrrole nitrogens is 1. The van der Waals surface area contributed by atoms with Crippen molar-refractivity contribution in [3.63, 3.8) is 0 Å². The van der Waals surface area contributed by atoms with E-state index in [0.29, 0.717) is 28.2 Å². The molecule has 0 aliphatic rings. The van der Waals surface area contributed by atoms with Gasteiger partial charge in [0.25, 0.3) is 5.69 Å². The summed E-state index contributed by atoms with van der Waals surface area (Å²) in [7, 11) is 1.47. The number of fused-ring (bicyclic) bond motifs is 1. The number of ether oxygens (including phenoxy) is 1. The van der Waals surface area contributed by atoms with E-state index in [-0.39, 0.29) is 11.4 Å². The maximum atomic E-state index is 10.8. The Morgan fingerprint density at radius 1 is 1.29 bits per heavy atom. The third kappa shape index (κ3) is 2.25. The molecule has 0 fully saturated rings. The van der Waals surface area contributed by atoms with Gasteiger partial charge in [0.05, 0.1) is 23.1 Å². The highest BCUT2D eigenvalue weighted by atomic mass is 16.6. The Labute approximate surface area is 119 Å². The van der Waals surface area contributed by atoms with E-state index < -0.39 is 4.92 Å². The van der Waals surface area contributed by atoms with Crippen molar-refractivity contribution in [2.45, 2.75) is 0 Å². The summed E-state index contributed by atoms with van der Waals surface area (Å²) in [5.74, 6) is 0.885. The van der Waals surface area contributed by atoms with E-state index in [1.165, 1.54) is 25.3 Å². The van der Waals surface area contributed by atoms with Crippen molar-refractivity contribution in [3.8, 4) is 22.9 Å². The minimum Gasteiger partial charge on any atom is -0.504 e. The van der Waals surface area contributed by atoms with Crippen LogP contribution < -0.4 is 4.74 Å². The first kappa shape index (κ1) is 12.9. The van der Waals surface area contributed by atoms with E-state index in [0.717, 1.165) is 0 Å². The van der Waals surface area contributed by atoms with Crippen LogP contribution in [0, 0.1) is 10.1 Å². The molecule has 0 radical (unpaired) electrons. The molecule has 7 heteroatoms. The first-order chi connectivity index (χ1) is 10.1. The topological polar surface area (TPSA) is 101 Å². The average molecular weight is 285 g/mol. The molecule has 1 aromatic heterocycles. The molecule has 1 heterocycles. The van der Waals surface area contributed by atoms with Crippen LogP contribution in [-0.2, 0) is 0 Å². The number of nitro benzene ring substituents is 1. The molecule has 0 unspecified atom stereocenters. The summed E-state index contributed by atoms with van der Waals surface area (Å²) in [5, 5.41) is 20.5. The summed E-state index contributed by atoms with van der Waals surface area (Å²) in [6, 6.07) is 9.29. The number of rotatable bonds is 3. The van der Waals surface area contributed by atoms with Gasteiger partial charge in [0.15, 0.2) is 11.5 Å². The predicted molar refractivity (Wildman–Crippen MR) is 76.4 cm³/mol. The summed E-state index contributed by atoms with van der Waals surface area (Å²) in [5.41, 5.74) is 1.84. The van der Waals surface area contributed by atoms with Gasteiger partial charge in [-0.3, -0.25) is 10.1 Å². The van der Waals surface area contributed by atoms with Crippen molar-refractivity contribution in [1.82, 2.24) is 9.97 Å². The van der Waals surface area contributed by atoms with E-state index in [9.17, 15) is 15.2 Å². The Bertz CT molecular complexity index is 841. The van der Waals surface area contributed by atoms with Gasteiger partial charge in [0.2, 0.25) is 0 Å². The lowest BCUT2D eigenvalue weighted by molar-refractivity contribution is -0.384. The second-order valence-corrected chi connectivity index (χ2v) is 4.43. The highest BCUT2D eigenvalue weighted by Gasteiger charge is 2.12. The number of hydrogen-bond donors (Lipinski definition) is 2. The number of phenols is 1. The average Bonchev–Trinajstić information content (AvgIpc) is 2.89. The monoisotopic (exact) mass is 285 g/mol. The lowest BCUT2D eigenvalue weighted by atomic mass is 10.2. The molecule has 0 atom stereocenters. The first-order valence-electron chi connectivity index (χ1n) is 6.10. The third-order valence-electron chi connectivity index (χ3n) is 3.13. The fraction of sp³-hybridized carbons (Fsp3) is 0.0714. The summed E-state index contributed by atoms with van der Waals surface area (Å²) < 4.78 is 4.98. The number of nitro groups is 1. The van der Waals surface area contributed by atoms with Gasteiger partial charge in [-0.2, -0.15) is 0 Å². The van der Waals surface area contributed by atoms with Gasteiger partial charge in [0, 0.05) is 17.7 Å². The zero-order chi connectivity index (χ0) is 15.0. The van der Waals surface area contributed by atoms with Crippen LogP contribution in [0.15, 0.2) is 36.4 Å². The molecular formula is C14H11N3O4. The van der Waals surface area contributed by atoms with Crippen molar-refractivity contribution in [1.29, 1.82) is 0 Å². The molecule has 0 spiro atoms. The molecule has 0 bridgehead atoms. The summed E-state index contributed by atoms with van der Waals surface area (Å²) in [6.07, 6.45) is 0. The molecule has 0 saturated heterocycles. The second kappa shape index (κ2) is 4.78. The maximum Gasteiger partial charge on any atom is 0.271 e. The van der Waals surface area contributed by atoms with Crippen LogP contribution in [0.1, 0.15) is 0 Å². The number of nitrogens with zero attached hydrogens (tertiary/aromatic N) is 2. The smallest absolute Gasteiger partial charge is 0.271 e. The van der Waals surface area contributed by atoms with Crippen LogP contribution in [0.2, 0.25) is 0 Å². The summed E-state index contributed by atoms with van der Waals surface area (Å²) in [6.45, 7) is 0. The molecule has 21 heavy (non-hydrogen) atoms. The number of hydrogen-bond acceptors (Lipinski definition) is 5. The zero-order valence-electron chi connectivity index (χ0n) is 11.0. The number of benzene rings is 2. The van der Waals surface area contributed by atoms with Crippen LogP contribution in [-0.4, -0.2) is 27.1 Å². The van der Waals surface area contributed by atoms with Crippen LogP contribution in [0.5, 0.6) is 11.5 Å². The number of imidazole rings is 1. The van der Waals surface area contributed by atoms with Crippen molar-refractivity contribution in [2.24, 2.45) is 0 Å². The molecule has 3 rings (SSSR count). The van der Waals surface area contributed by atoms with Crippen LogP contribution >= 0.6 is 0 Å². The van der Waals surface area contributed by atoms with Crippen LogP contribution in [0.4, 0.5) is 5.69 Å². The van der Waals surface area contributed by atoms with Gasteiger partial charge in [-0.15, -0.1) is 0 Å². The highest BCUT2D eigenvalue weighted by molar-refractivity contribution is 5.81. The van der Waals surface area contributed by atoms with Crippen LogP contribution in [0.25, 0.3) is 22.4 Å². The first-order valence-corrected chi connectivity index (χ1v) is 6.10. The molecule has 0 aliphatic heterocycles. The number of aromatic nitrogens is 2. The van der Waals surface area contributed by atoms with E-state index in [1.807, 2.05) is 0 Å². The van der Waals surface area contributed by atoms with Crippen molar-refractivity contribution in [2.75, 3.05) is 7.11 Å².